The molecule has 0 aliphatic rings. The van der Waals surface area contributed by atoms with Crippen LogP contribution in [0, 0.1) is 0 Å². The van der Waals surface area contributed by atoms with Gasteiger partial charge >= 0.3 is 0 Å². The zero-order valence-corrected chi connectivity index (χ0v) is 16.3. The van der Waals surface area contributed by atoms with Crippen molar-refractivity contribution in [3.63, 3.8) is 0 Å². The molecule has 0 saturated carbocycles. The maximum atomic E-state index is 12.4. The molecule has 0 aliphatic heterocycles. The van der Waals surface area contributed by atoms with Crippen molar-refractivity contribution < 1.29 is 13.2 Å². The van der Waals surface area contributed by atoms with Gasteiger partial charge in [0.1, 0.15) is 0 Å². The molecular weight excluding hydrogens is 348 g/mol. The average molecular weight is 375 g/mol. The molecule has 140 valence electrons. The molecule has 0 radical (unpaired) electrons. The van der Waals surface area contributed by atoms with Gasteiger partial charge in [0.2, 0.25) is 10.0 Å². The van der Waals surface area contributed by atoms with Crippen LogP contribution < -0.4 is 5.32 Å². The van der Waals surface area contributed by atoms with Crippen LogP contribution in [-0.4, -0.2) is 38.3 Å². The first-order valence-electron chi connectivity index (χ1n) is 8.72. The number of nitrogens with one attached hydrogen (secondary N) is 1. The maximum Gasteiger partial charge on any atom is 0.251 e. The van der Waals surface area contributed by atoms with E-state index in [4.69, 9.17) is 0 Å². The van der Waals surface area contributed by atoms with Crippen LogP contribution in [0.3, 0.4) is 0 Å². The Hall–Kier alpha value is -2.18. The van der Waals surface area contributed by atoms with Crippen molar-refractivity contribution in [2.45, 2.75) is 37.6 Å². The zero-order chi connectivity index (χ0) is 19.2. The van der Waals surface area contributed by atoms with Gasteiger partial charge in [-0.25, -0.2) is 8.42 Å². The first-order chi connectivity index (χ1) is 12.3. The van der Waals surface area contributed by atoms with Gasteiger partial charge in [0, 0.05) is 25.2 Å². The van der Waals surface area contributed by atoms with Crippen LogP contribution in [0.4, 0.5) is 0 Å². The van der Waals surface area contributed by atoms with Gasteiger partial charge in [0.15, 0.2) is 0 Å². The van der Waals surface area contributed by atoms with Gasteiger partial charge in [-0.3, -0.25) is 4.79 Å². The highest BCUT2D eigenvalue weighted by Gasteiger charge is 2.23. The molecule has 0 aromatic heterocycles. The van der Waals surface area contributed by atoms with Crippen LogP contribution in [0.1, 0.15) is 36.2 Å². The first kappa shape index (κ1) is 20.1. The monoisotopic (exact) mass is 374 g/mol. The minimum absolute atomic E-state index is 0.132. The molecule has 0 unspecified atom stereocenters. The Bertz CT molecular complexity index is 816. The zero-order valence-electron chi connectivity index (χ0n) is 15.5. The predicted octanol–water partition coefficient (Wildman–Crippen LogP) is 3.08. The molecule has 0 aliphatic carbocycles. The van der Waals surface area contributed by atoms with E-state index in [1.54, 1.807) is 19.2 Å². The van der Waals surface area contributed by atoms with Crippen LogP contribution in [-0.2, 0) is 16.4 Å². The molecule has 0 saturated heterocycles. The molecule has 0 bridgehead atoms. The van der Waals surface area contributed by atoms with Crippen molar-refractivity contribution in [1.82, 2.24) is 9.62 Å². The number of sulfonamides is 1. The molecule has 2 rings (SSSR count). The summed E-state index contributed by atoms with van der Waals surface area (Å²) in [5.41, 5.74) is 1.70. The Balaban J connectivity index is 1.90. The van der Waals surface area contributed by atoms with E-state index < -0.39 is 10.0 Å². The summed E-state index contributed by atoms with van der Waals surface area (Å²) < 4.78 is 26.2. The van der Waals surface area contributed by atoms with E-state index in [0.717, 1.165) is 12.8 Å². The Morgan fingerprint density at radius 3 is 2.23 bits per heavy atom. The molecule has 1 amide bonds. The van der Waals surface area contributed by atoms with Gasteiger partial charge in [0.05, 0.1) is 4.90 Å². The van der Waals surface area contributed by atoms with Crippen molar-refractivity contribution in [3.8, 4) is 0 Å². The van der Waals surface area contributed by atoms with Crippen LogP contribution in [0.2, 0.25) is 0 Å². The Morgan fingerprint density at radius 1 is 1.04 bits per heavy atom. The van der Waals surface area contributed by atoms with Crippen LogP contribution >= 0.6 is 0 Å². The molecular formula is C20H26N2O3S. The van der Waals surface area contributed by atoms with E-state index in [9.17, 15) is 13.2 Å². The number of carbonyl (C=O) groups is 1. The van der Waals surface area contributed by atoms with Gasteiger partial charge in [-0.15, -0.1) is 0 Å². The quantitative estimate of drug-likeness (QED) is 0.722. The number of aryl methyl sites for hydroxylation is 1. The first-order valence-corrected chi connectivity index (χ1v) is 10.2. The van der Waals surface area contributed by atoms with Gasteiger partial charge in [0.25, 0.3) is 5.91 Å². The normalized spacial score (nSPS) is 11.7. The Morgan fingerprint density at radius 2 is 1.65 bits per heavy atom. The third kappa shape index (κ3) is 5.16. The Kier molecular flexibility index (Phi) is 6.94. The van der Waals surface area contributed by atoms with Gasteiger partial charge in [-0.05, 0) is 56.5 Å². The summed E-state index contributed by atoms with van der Waals surface area (Å²) in [4.78, 5) is 12.4. The lowest BCUT2D eigenvalue weighted by Gasteiger charge is -2.21. The summed E-state index contributed by atoms with van der Waals surface area (Å²) in [7, 11) is -1.98. The summed E-state index contributed by atoms with van der Waals surface area (Å²) in [6.07, 6.45) is 1.75. The molecule has 2 aromatic rings. The van der Waals surface area contributed by atoms with E-state index in [0.29, 0.717) is 12.1 Å². The number of amides is 1. The molecule has 1 N–H and O–H groups in total. The number of carbonyl (C=O) groups excluding carboxylic acids is 1. The summed E-state index contributed by atoms with van der Waals surface area (Å²) >= 11 is 0. The summed E-state index contributed by atoms with van der Waals surface area (Å²) in [6, 6.07) is 16.0. The molecule has 0 spiro atoms. The van der Waals surface area contributed by atoms with E-state index in [1.165, 1.54) is 22.0 Å². The summed E-state index contributed by atoms with van der Waals surface area (Å²) in [5, 5.41) is 2.87. The number of rotatable bonds is 8. The second kappa shape index (κ2) is 8.96. The fourth-order valence-corrected chi connectivity index (χ4v) is 3.83. The van der Waals surface area contributed by atoms with Crippen molar-refractivity contribution in [1.29, 1.82) is 0 Å². The molecule has 0 atom stereocenters. The minimum Gasteiger partial charge on any atom is -0.352 e. The largest absolute Gasteiger partial charge is 0.352 e. The molecule has 0 heterocycles. The third-order valence-corrected chi connectivity index (χ3v) is 6.34. The number of hydrogen-bond donors (Lipinski definition) is 1. The van der Waals surface area contributed by atoms with Crippen molar-refractivity contribution in [3.05, 3.63) is 65.7 Å². The molecule has 5 nitrogen and oxygen atoms in total. The van der Waals surface area contributed by atoms with Crippen molar-refractivity contribution >= 4 is 15.9 Å². The van der Waals surface area contributed by atoms with Crippen LogP contribution in [0.25, 0.3) is 0 Å². The van der Waals surface area contributed by atoms with E-state index in [1.807, 2.05) is 32.0 Å². The second-order valence-electron chi connectivity index (χ2n) is 6.48. The maximum absolute atomic E-state index is 12.4. The van der Waals surface area contributed by atoms with Crippen molar-refractivity contribution in [2.75, 3.05) is 13.6 Å². The highest BCUT2D eigenvalue weighted by Crippen LogP contribution is 2.17. The third-order valence-electron chi connectivity index (χ3n) is 4.29. The highest BCUT2D eigenvalue weighted by atomic mass is 32.2. The molecule has 2 aromatic carbocycles. The fraction of sp³-hybridized carbons (Fsp3) is 0.350. The average Bonchev–Trinajstić information content (AvgIpc) is 2.65. The lowest BCUT2D eigenvalue weighted by atomic mass is 10.1. The van der Waals surface area contributed by atoms with E-state index in [2.05, 4.69) is 17.4 Å². The Labute approximate surface area is 156 Å². The lowest BCUT2D eigenvalue weighted by molar-refractivity contribution is 0.0953. The molecule has 6 heteroatoms. The van der Waals surface area contributed by atoms with Gasteiger partial charge < -0.3 is 5.32 Å². The van der Waals surface area contributed by atoms with Crippen LogP contribution in [0.15, 0.2) is 59.5 Å². The number of nitrogens with zero attached hydrogens (tertiary/aromatic N) is 1. The summed E-state index contributed by atoms with van der Waals surface area (Å²) in [6.45, 7) is 4.20. The smallest absolute Gasteiger partial charge is 0.251 e. The molecule has 26 heavy (non-hydrogen) atoms. The lowest BCUT2D eigenvalue weighted by Crippen LogP contribution is -2.33. The minimum atomic E-state index is -3.53. The van der Waals surface area contributed by atoms with Crippen molar-refractivity contribution in [2.24, 2.45) is 0 Å². The second-order valence-corrected chi connectivity index (χ2v) is 8.48. The standard InChI is InChI=1S/C20H26N2O3S/c1-16(2)22(3)26(24,25)19-13-11-18(12-14-19)20(23)21-15-7-10-17-8-5-4-6-9-17/h4-6,8-9,11-14,16H,7,10,15H2,1-3H3,(H,21,23). The van der Waals surface area contributed by atoms with Crippen LogP contribution in [0.5, 0.6) is 0 Å². The number of benzene rings is 2. The number of hydrogen-bond acceptors (Lipinski definition) is 3. The van der Waals surface area contributed by atoms with Gasteiger partial charge in [-0.1, -0.05) is 30.3 Å². The van der Waals surface area contributed by atoms with Gasteiger partial charge in [-0.2, -0.15) is 4.31 Å². The van der Waals surface area contributed by atoms with E-state index >= 15 is 0 Å². The SMILES string of the molecule is CC(C)N(C)S(=O)(=O)c1ccc(C(=O)NCCCc2ccccc2)cc1. The molecule has 0 fully saturated rings. The fourth-order valence-electron chi connectivity index (χ4n) is 2.46. The summed E-state index contributed by atoms with van der Waals surface area (Å²) in [5.74, 6) is -0.195. The topological polar surface area (TPSA) is 66.5 Å². The van der Waals surface area contributed by atoms with E-state index in [-0.39, 0.29) is 16.8 Å². The predicted molar refractivity (Wildman–Crippen MR) is 104 cm³/mol. The highest BCUT2D eigenvalue weighted by molar-refractivity contribution is 7.89.